The monoisotopic (exact) mass is 219 g/mol. The summed E-state index contributed by atoms with van der Waals surface area (Å²) >= 11 is 0. The first-order valence-electron chi connectivity index (χ1n) is 5.37. The molecular formula is C10H21NO2S. The van der Waals surface area contributed by atoms with Crippen molar-refractivity contribution in [1.29, 1.82) is 0 Å². The molecule has 0 saturated heterocycles. The molecule has 1 aliphatic carbocycles. The maximum atomic E-state index is 11.4. The summed E-state index contributed by atoms with van der Waals surface area (Å²) in [5.41, 5.74) is 0. The summed E-state index contributed by atoms with van der Waals surface area (Å²) in [5.74, 6) is 0.607. The summed E-state index contributed by atoms with van der Waals surface area (Å²) in [5, 5.41) is 3.05. The predicted molar refractivity (Wildman–Crippen MR) is 59.1 cm³/mol. The van der Waals surface area contributed by atoms with E-state index in [0.29, 0.717) is 5.92 Å². The fraction of sp³-hybridized carbons (Fsp3) is 1.00. The zero-order valence-corrected chi connectivity index (χ0v) is 9.94. The molecule has 0 radical (unpaired) electrons. The maximum Gasteiger partial charge on any atom is 0.150 e. The molecule has 14 heavy (non-hydrogen) atoms. The van der Waals surface area contributed by atoms with E-state index in [1.165, 1.54) is 12.7 Å². The fourth-order valence-electron chi connectivity index (χ4n) is 2.24. The van der Waals surface area contributed by atoms with Gasteiger partial charge >= 0.3 is 0 Å². The van der Waals surface area contributed by atoms with Crippen LogP contribution >= 0.6 is 0 Å². The van der Waals surface area contributed by atoms with Crippen molar-refractivity contribution in [2.24, 2.45) is 5.92 Å². The van der Waals surface area contributed by atoms with Crippen molar-refractivity contribution in [2.75, 3.05) is 19.8 Å². The molecule has 2 unspecified atom stereocenters. The highest BCUT2D eigenvalue weighted by molar-refractivity contribution is 7.91. The molecule has 0 aliphatic heterocycles. The minimum Gasteiger partial charge on any atom is -0.320 e. The highest BCUT2D eigenvalue weighted by atomic mass is 32.2. The second-order valence-corrected chi connectivity index (χ2v) is 6.70. The van der Waals surface area contributed by atoms with Crippen molar-refractivity contribution >= 4 is 9.84 Å². The lowest BCUT2D eigenvalue weighted by Crippen LogP contribution is -2.28. The van der Waals surface area contributed by atoms with Gasteiger partial charge in [-0.1, -0.05) is 12.8 Å². The summed E-state index contributed by atoms with van der Waals surface area (Å²) in [7, 11) is -0.863. The zero-order chi connectivity index (χ0) is 10.6. The van der Waals surface area contributed by atoms with Crippen LogP contribution in [0.3, 0.4) is 0 Å². The molecule has 0 aromatic heterocycles. The Morgan fingerprint density at radius 3 is 2.64 bits per heavy atom. The number of sulfone groups is 1. The van der Waals surface area contributed by atoms with Gasteiger partial charge in [0.15, 0.2) is 0 Å². The summed E-state index contributed by atoms with van der Waals surface area (Å²) < 4.78 is 22.8. The van der Waals surface area contributed by atoms with E-state index in [4.69, 9.17) is 0 Å². The SMILES string of the molecule is CNCCC1CCCC(S(C)(=O)=O)C1. The van der Waals surface area contributed by atoms with E-state index >= 15 is 0 Å². The lowest BCUT2D eigenvalue weighted by Gasteiger charge is -2.27. The molecule has 0 aromatic carbocycles. The molecule has 0 heterocycles. The number of hydrogen-bond acceptors (Lipinski definition) is 3. The standard InChI is InChI=1S/C10H21NO2S/c1-11-7-6-9-4-3-5-10(8-9)14(2,12)13/h9-11H,3-8H2,1-2H3. The van der Waals surface area contributed by atoms with E-state index in [2.05, 4.69) is 5.32 Å². The van der Waals surface area contributed by atoms with Gasteiger partial charge in [-0.2, -0.15) is 0 Å². The van der Waals surface area contributed by atoms with Crippen LogP contribution in [0.4, 0.5) is 0 Å². The van der Waals surface area contributed by atoms with Crippen LogP contribution in [0.2, 0.25) is 0 Å². The molecule has 2 atom stereocenters. The minimum atomic E-state index is -2.80. The maximum absolute atomic E-state index is 11.4. The van der Waals surface area contributed by atoms with Crippen LogP contribution in [0.5, 0.6) is 0 Å². The van der Waals surface area contributed by atoms with Crippen LogP contribution < -0.4 is 5.32 Å². The highest BCUT2D eigenvalue weighted by Crippen LogP contribution is 2.30. The Labute approximate surface area is 87.2 Å². The van der Waals surface area contributed by atoms with Crippen LogP contribution in [-0.4, -0.2) is 33.5 Å². The van der Waals surface area contributed by atoms with E-state index in [9.17, 15) is 8.42 Å². The van der Waals surface area contributed by atoms with Gasteiger partial charge in [0.2, 0.25) is 0 Å². The molecule has 1 aliphatic rings. The van der Waals surface area contributed by atoms with E-state index in [1.54, 1.807) is 0 Å². The summed E-state index contributed by atoms with van der Waals surface area (Å²) in [6.07, 6.45) is 6.51. The smallest absolute Gasteiger partial charge is 0.150 e. The quantitative estimate of drug-likeness (QED) is 0.773. The number of rotatable bonds is 4. The second-order valence-electron chi connectivity index (χ2n) is 4.38. The van der Waals surface area contributed by atoms with Crippen molar-refractivity contribution in [3.05, 3.63) is 0 Å². The van der Waals surface area contributed by atoms with Crippen LogP contribution in [-0.2, 0) is 9.84 Å². The van der Waals surface area contributed by atoms with Crippen molar-refractivity contribution in [1.82, 2.24) is 5.32 Å². The summed E-state index contributed by atoms with van der Waals surface area (Å²) in [6, 6.07) is 0. The molecule has 0 spiro atoms. The molecular weight excluding hydrogens is 198 g/mol. The van der Waals surface area contributed by atoms with E-state index < -0.39 is 9.84 Å². The topological polar surface area (TPSA) is 46.2 Å². The lowest BCUT2D eigenvalue weighted by molar-refractivity contribution is 0.337. The minimum absolute atomic E-state index is 0.0712. The van der Waals surface area contributed by atoms with Crippen molar-refractivity contribution < 1.29 is 8.42 Å². The van der Waals surface area contributed by atoms with Crippen LogP contribution in [0.25, 0.3) is 0 Å². The first-order valence-corrected chi connectivity index (χ1v) is 7.33. The molecule has 0 amide bonds. The Hall–Kier alpha value is -0.0900. The van der Waals surface area contributed by atoms with Gasteiger partial charge in [0.1, 0.15) is 9.84 Å². The summed E-state index contributed by atoms with van der Waals surface area (Å²) in [6.45, 7) is 1.00. The molecule has 0 aromatic rings. The number of hydrogen-bond donors (Lipinski definition) is 1. The third-order valence-electron chi connectivity index (χ3n) is 3.14. The molecule has 1 N–H and O–H groups in total. The third kappa shape index (κ3) is 3.58. The molecule has 1 fully saturated rings. The van der Waals surface area contributed by atoms with E-state index in [-0.39, 0.29) is 5.25 Å². The number of nitrogens with one attached hydrogen (secondary N) is 1. The first kappa shape index (κ1) is 12.0. The Balaban J connectivity index is 2.44. The first-order chi connectivity index (χ1) is 6.54. The average molecular weight is 219 g/mol. The van der Waals surface area contributed by atoms with Crippen LogP contribution in [0.1, 0.15) is 32.1 Å². The zero-order valence-electron chi connectivity index (χ0n) is 9.12. The van der Waals surface area contributed by atoms with Gasteiger partial charge in [0, 0.05) is 6.26 Å². The van der Waals surface area contributed by atoms with Gasteiger partial charge in [-0.25, -0.2) is 8.42 Å². The Kier molecular flexibility index (Phi) is 4.38. The lowest BCUT2D eigenvalue weighted by atomic mass is 9.86. The van der Waals surface area contributed by atoms with Gasteiger partial charge in [0.25, 0.3) is 0 Å². The van der Waals surface area contributed by atoms with Crippen molar-refractivity contribution in [2.45, 2.75) is 37.4 Å². The van der Waals surface area contributed by atoms with Gasteiger partial charge in [0.05, 0.1) is 5.25 Å². The normalized spacial score (nSPS) is 29.0. The largest absolute Gasteiger partial charge is 0.320 e. The average Bonchev–Trinajstić information content (AvgIpc) is 2.14. The van der Waals surface area contributed by atoms with Crippen LogP contribution in [0, 0.1) is 5.92 Å². The Morgan fingerprint density at radius 1 is 1.36 bits per heavy atom. The van der Waals surface area contributed by atoms with Gasteiger partial charge in [-0.3, -0.25) is 0 Å². The van der Waals surface area contributed by atoms with Crippen molar-refractivity contribution in [3.63, 3.8) is 0 Å². The predicted octanol–water partition coefficient (Wildman–Crippen LogP) is 1.20. The Morgan fingerprint density at radius 2 is 2.07 bits per heavy atom. The summed E-state index contributed by atoms with van der Waals surface area (Å²) in [4.78, 5) is 0. The van der Waals surface area contributed by atoms with E-state index in [1.807, 2.05) is 7.05 Å². The third-order valence-corrected chi connectivity index (χ3v) is 4.78. The van der Waals surface area contributed by atoms with E-state index in [0.717, 1.165) is 32.2 Å². The molecule has 3 nitrogen and oxygen atoms in total. The van der Waals surface area contributed by atoms with Gasteiger partial charge in [-0.05, 0) is 38.8 Å². The molecule has 84 valence electrons. The Bertz CT molecular complexity index is 261. The van der Waals surface area contributed by atoms with Crippen LogP contribution in [0.15, 0.2) is 0 Å². The molecule has 0 bridgehead atoms. The second kappa shape index (κ2) is 5.12. The van der Waals surface area contributed by atoms with Gasteiger partial charge < -0.3 is 5.32 Å². The van der Waals surface area contributed by atoms with Crippen molar-refractivity contribution in [3.8, 4) is 0 Å². The molecule has 1 rings (SSSR count). The van der Waals surface area contributed by atoms with Gasteiger partial charge in [-0.15, -0.1) is 0 Å². The molecule has 1 saturated carbocycles. The fourth-order valence-corrected chi connectivity index (χ4v) is 3.46. The highest BCUT2D eigenvalue weighted by Gasteiger charge is 2.28. The molecule has 4 heteroatoms.